The lowest BCUT2D eigenvalue weighted by atomic mass is 10.1. The average molecular weight is 465 g/mol. The molecule has 7 heteroatoms. The summed E-state index contributed by atoms with van der Waals surface area (Å²) in [6, 6.07) is 12.4. The summed E-state index contributed by atoms with van der Waals surface area (Å²) in [5.41, 5.74) is 6.03. The second-order valence-electron chi connectivity index (χ2n) is 8.40. The second-order valence-corrected chi connectivity index (χ2v) is 8.81. The molecule has 0 N–H and O–H groups in total. The molecule has 2 aromatic heterocycles. The fourth-order valence-corrected chi connectivity index (χ4v) is 4.92. The molecule has 5 rings (SSSR count). The Bertz CT molecular complexity index is 1300. The van der Waals surface area contributed by atoms with Gasteiger partial charge in [0, 0.05) is 35.5 Å². The average Bonchev–Trinajstić information content (AvgIpc) is 3.45. The molecule has 0 saturated carbocycles. The molecule has 0 unspecified atom stereocenters. The second kappa shape index (κ2) is 9.02. The van der Waals surface area contributed by atoms with Crippen LogP contribution in [0.15, 0.2) is 48.7 Å². The van der Waals surface area contributed by atoms with Gasteiger partial charge in [-0.3, -0.25) is 0 Å². The zero-order valence-electron chi connectivity index (χ0n) is 18.8. The highest BCUT2D eigenvalue weighted by Crippen LogP contribution is 2.37. The minimum atomic E-state index is -0.221. The lowest BCUT2D eigenvalue weighted by Gasteiger charge is -2.27. The molecule has 0 fully saturated rings. The van der Waals surface area contributed by atoms with Crippen LogP contribution in [0.5, 0.6) is 5.75 Å². The van der Waals surface area contributed by atoms with E-state index in [1.165, 1.54) is 17.7 Å². The minimum Gasteiger partial charge on any atom is -0.497 e. The number of nitrogens with zero attached hydrogens (tertiary/aromatic N) is 4. The van der Waals surface area contributed by atoms with E-state index >= 15 is 0 Å². The van der Waals surface area contributed by atoms with Crippen molar-refractivity contribution in [1.82, 2.24) is 14.6 Å². The highest BCUT2D eigenvalue weighted by atomic mass is 35.5. The van der Waals surface area contributed by atoms with Gasteiger partial charge in [-0.05, 0) is 61.6 Å². The van der Waals surface area contributed by atoms with Crippen molar-refractivity contribution in [3.05, 3.63) is 76.3 Å². The molecule has 0 saturated heterocycles. The molecule has 170 valence electrons. The SMILES string of the molecule is CCCN(Cc1ccc(F)cc1)c1c2c(nc3c(-c4ccc(OC)cc4Cl)cnn13)CCC2. The lowest BCUT2D eigenvalue weighted by molar-refractivity contribution is 0.415. The molecule has 1 aliphatic carbocycles. The molecule has 2 aromatic carbocycles. The maximum Gasteiger partial charge on any atom is 0.165 e. The molecule has 1 aliphatic rings. The number of rotatable bonds is 7. The molecular weight excluding hydrogens is 439 g/mol. The quantitative estimate of drug-likeness (QED) is 0.331. The van der Waals surface area contributed by atoms with Crippen molar-refractivity contribution in [3.63, 3.8) is 0 Å². The van der Waals surface area contributed by atoms with Crippen molar-refractivity contribution < 1.29 is 9.13 Å². The standard InChI is InChI=1S/C26H26ClFN4O/c1-3-13-31(16-17-7-9-18(28)10-8-17)26-21-5-4-6-24(21)30-25-22(15-29-32(25)26)20-12-11-19(33-2)14-23(20)27/h7-12,14-15H,3-6,13,16H2,1-2H3. The Morgan fingerprint density at radius 3 is 2.67 bits per heavy atom. The number of benzene rings is 2. The maximum atomic E-state index is 13.5. The van der Waals surface area contributed by atoms with Gasteiger partial charge in [-0.1, -0.05) is 30.7 Å². The molecule has 0 aliphatic heterocycles. The highest BCUT2D eigenvalue weighted by molar-refractivity contribution is 6.33. The molecule has 33 heavy (non-hydrogen) atoms. The number of anilines is 1. The topological polar surface area (TPSA) is 42.7 Å². The Morgan fingerprint density at radius 2 is 1.94 bits per heavy atom. The van der Waals surface area contributed by atoms with Crippen LogP contribution in [0.25, 0.3) is 16.8 Å². The zero-order chi connectivity index (χ0) is 22.9. The van der Waals surface area contributed by atoms with Gasteiger partial charge in [-0.15, -0.1) is 0 Å². The van der Waals surface area contributed by atoms with Crippen LogP contribution in [-0.4, -0.2) is 28.3 Å². The van der Waals surface area contributed by atoms with E-state index in [4.69, 9.17) is 26.4 Å². The van der Waals surface area contributed by atoms with Crippen molar-refractivity contribution in [2.75, 3.05) is 18.6 Å². The Kier molecular flexibility index (Phi) is 5.94. The number of hydrogen-bond acceptors (Lipinski definition) is 4. The summed E-state index contributed by atoms with van der Waals surface area (Å²) in [6.45, 7) is 3.71. The summed E-state index contributed by atoms with van der Waals surface area (Å²) >= 11 is 6.60. The van der Waals surface area contributed by atoms with Crippen molar-refractivity contribution in [3.8, 4) is 16.9 Å². The van der Waals surface area contributed by atoms with Gasteiger partial charge in [0.1, 0.15) is 17.4 Å². The number of aryl methyl sites for hydroxylation is 1. The first-order chi connectivity index (χ1) is 16.1. The van der Waals surface area contributed by atoms with E-state index in [2.05, 4.69) is 11.8 Å². The van der Waals surface area contributed by atoms with Gasteiger partial charge in [0.25, 0.3) is 0 Å². The van der Waals surface area contributed by atoms with Crippen LogP contribution in [-0.2, 0) is 19.4 Å². The normalized spacial score (nSPS) is 12.8. The van der Waals surface area contributed by atoms with Gasteiger partial charge in [0.15, 0.2) is 5.65 Å². The molecule has 0 radical (unpaired) electrons. The highest BCUT2D eigenvalue weighted by Gasteiger charge is 2.26. The molecular formula is C26H26ClFN4O. The molecule has 0 spiro atoms. The maximum absolute atomic E-state index is 13.5. The molecule has 4 aromatic rings. The van der Waals surface area contributed by atoms with Crippen LogP contribution in [0.1, 0.15) is 36.6 Å². The van der Waals surface area contributed by atoms with Gasteiger partial charge < -0.3 is 9.64 Å². The van der Waals surface area contributed by atoms with Crippen LogP contribution in [0.3, 0.4) is 0 Å². The Balaban J connectivity index is 1.66. The molecule has 2 heterocycles. The third-order valence-electron chi connectivity index (χ3n) is 6.19. The lowest BCUT2D eigenvalue weighted by Crippen LogP contribution is -2.27. The van der Waals surface area contributed by atoms with Crippen LogP contribution in [0, 0.1) is 5.82 Å². The first-order valence-electron chi connectivity index (χ1n) is 11.3. The van der Waals surface area contributed by atoms with Crippen molar-refractivity contribution in [2.24, 2.45) is 0 Å². The molecule has 0 atom stereocenters. The van der Waals surface area contributed by atoms with Crippen molar-refractivity contribution in [1.29, 1.82) is 0 Å². The fourth-order valence-electron chi connectivity index (χ4n) is 4.65. The Hall–Kier alpha value is -3.12. The first-order valence-corrected chi connectivity index (χ1v) is 11.7. The van der Waals surface area contributed by atoms with Crippen LogP contribution in [0.2, 0.25) is 5.02 Å². The van der Waals surface area contributed by atoms with Crippen LogP contribution in [0.4, 0.5) is 10.2 Å². The van der Waals surface area contributed by atoms with Crippen molar-refractivity contribution in [2.45, 2.75) is 39.2 Å². The van der Waals surface area contributed by atoms with Gasteiger partial charge in [-0.25, -0.2) is 9.37 Å². The fraction of sp³-hybridized carbons (Fsp3) is 0.308. The van der Waals surface area contributed by atoms with Gasteiger partial charge in [0.2, 0.25) is 0 Å². The van der Waals surface area contributed by atoms with E-state index in [-0.39, 0.29) is 5.82 Å². The van der Waals surface area contributed by atoms with Crippen LogP contribution < -0.4 is 9.64 Å². The third kappa shape index (κ3) is 4.04. The number of halogens is 2. The number of fused-ring (bicyclic) bond motifs is 2. The van der Waals surface area contributed by atoms with Crippen LogP contribution >= 0.6 is 11.6 Å². The Labute approximate surface area is 197 Å². The summed E-state index contributed by atoms with van der Waals surface area (Å²) in [5.74, 6) is 1.57. The minimum absolute atomic E-state index is 0.221. The third-order valence-corrected chi connectivity index (χ3v) is 6.50. The van der Waals surface area contributed by atoms with E-state index in [1.54, 1.807) is 7.11 Å². The predicted octanol–water partition coefficient (Wildman–Crippen LogP) is 6.10. The number of aromatic nitrogens is 3. The van der Waals surface area contributed by atoms with E-state index in [1.807, 2.05) is 41.0 Å². The summed E-state index contributed by atoms with van der Waals surface area (Å²) in [4.78, 5) is 7.38. The van der Waals surface area contributed by atoms with Gasteiger partial charge in [-0.2, -0.15) is 9.61 Å². The first kappa shape index (κ1) is 21.7. The van der Waals surface area contributed by atoms with E-state index in [9.17, 15) is 4.39 Å². The van der Waals surface area contributed by atoms with Gasteiger partial charge in [0.05, 0.1) is 18.3 Å². The Morgan fingerprint density at radius 1 is 1.12 bits per heavy atom. The molecule has 0 bridgehead atoms. The summed E-state index contributed by atoms with van der Waals surface area (Å²) in [7, 11) is 1.63. The summed E-state index contributed by atoms with van der Waals surface area (Å²) < 4.78 is 20.7. The number of hydrogen-bond donors (Lipinski definition) is 0. The molecule has 5 nitrogen and oxygen atoms in total. The zero-order valence-corrected chi connectivity index (χ0v) is 19.6. The van der Waals surface area contributed by atoms with E-state index in [0.29, 0.717) is 17.3 Å². The molecule has 0 amide bonds. The summed E-state index contributed by atoms with van der Waals surface area (Å²) in [5, 5.41) is 5.38. The predicted molar refractivity (Wildman–Crippen MR) is 130 cm³/mol. The van der Waals surface area contributed by atoms with E-state index in [0.717, 1.165) is 66.1 Å². The largest absolute Gasteiger partial charge is 0.497 e. The summed E-state index contributed by atoms with van der Waals surface area (Å²) in [6.07, 6.45) is 5.85. The smallest absolute Gasteiger partial charge is 0.165 e. The van der Waals surface area contributed by atoms with E-state index < -0.39 is 0 Å². The van der Waals surface area contributed by atoms with Gasteiger partial charge >= 0.3 is 0 Å². The number of ether oxygens (including phenoxy) is 1. The van der Waals surface area contributed by atoms with Crippen molar-refractivity contribution >= 4 is 23.1 Å². The number of methoxy groups -OCH3 is 1. The monoisotopic (exact) mass is 464 g/mol.